The monoisotopic (exact) mass is 371 g/mol. The van der Waals surface area contributed by atoms with Crippen LogP contribution < -0.4 is 0 Å². The zero-order chi connectivity index (χ0) is 19.4. The highest BCUT2D eigenvalue weighted by Gasteiger charge is 2.53. The van der Waals surface area contributed by atoms with Crippen LogP contribution in [0.15, 0.2) is 24.5 Å². The molecule has 2 fully saturated rings. The minimum Gasteiger partial charge on any atom is -0.458 e. The second-order valence-electron chi connectivity index (χ2n) is 9.68. The van der Waals surface area contributed by atoms with E-state index in [0.717, 1.165) is 24.2 Å². The van der Waals surface area contributed by atoms with Crippen LogP contribution in [0.5, 0.6) is 0 Å². The van der Waals surface area contributed by atoms with Crippen molar-refractivity contribution >= 4 is 5.97 Å². The van der Waals surface area contributed by atoms with Gasteiger partial charge in [-0.25, -0.2) is 4.79 Å². The number of fused-ring (bicyclic) bond motifs is 1. The predicted octanol–water partition coefficient (Wildman–Crippen LogP) is 6.29. The van der Waals surface area contributed by atoms with Crippen molar-refractivity contribution in [1.29, 1.82) is 0 Å². The van der Waals surface area contributed by atoms with E-state index in [4.69, 9.17) is 4.74 Å². The van der Waals surface area contributed by atoms with Gasteiger partial charge in [0.15, 0.2) is 0 Å². The Morgan fingerprint density at radius 3 is 2.78 bits per heavy atom. The van der Waals surface area contributed by atoms with Gasteiger partial charge in [-0.2, -0.15) is 0 Å². The van der Waals surface area contributed by atoms with E-state index >= 15 is 0 Å². The van der Waals surface area contributed by atoms with Gasteiger partial charge in [-0.1, -0.05) is 47.0 Å². The van der Waals surface area contributed by atoms with Crippen LogP contribution >= 0.6 is 0 Å². The van der Waals surface area contributed by atoms with Crippen LogP contribution in [0.3, 0.4) is 0 Å². The van der Waals surface area contributed by atoms with E-state index < -0.39 is 0 Å². The maximum Gasteiger partial charge on any atom is 0.339 e. The van der Waals surface area contributed by atoms with Crippen molar-refractivity contribution in [3.05, 3.63) is 30.1 Å². The standard InChI is InChI=1S/C24H37NO2/c1-17(2)8-5-9-18(3)20-12-13-21-22(11-6-14-24(20,21)4)27-23(26)19-10-7-15-25-16-19/h7,10,15-18,20-22H,5-6,8-9,11-14H2,1-4H3/t18-,20-,21+,22+,24-/m1/s1. The lowest BCUT2D eigenvalue weighted by Crippen LogP contribution is -2.43. The van der Waals surface area contributed by atoms with Gasteiger partial charge in [-0.05, 0) is 67.4 Å². The van der Waals surface area contributed by atoms with Crippen LogP contribution in [-0.2, 0) is 4.74 Å². The topological polar surface area (TPSA) is 39.2 Å². The van der Waals surface area contributed by atoms with Gasteiger partial charge >= 0.3 is 5.97 Å². The first-order valence-electron chi connectivity index (χ1n) is 11.0. The van der Waals surface area contributed by atoms with Crippen molar-refractivity contribution < 1.29 is 9.53 Å². The maximum atomic E-state index is 12.6. The van der Waals surface area contributed by atoms with E-state index in [-0.39, 0.29) is 12.1 Å². The Kier molecular flexibility index (Phi) is 6.60. The molecule has 5 atom stereocenters. The van der Waals surface area contributed by atoms with Gasteiger partial charge < -0.3 is 4.74 Å². The molecule has 1 aromatic heterocycles. The van der Waals surface area contributed by atoms with Crippen molar-refractivity contribution in [3.63, 3.8) is 0 Å². The molecule has 2 aliphatic carbocycles. The number of ether oxygens (including phenoxy) is 1. The molecule has 0 N–H and O–H groups in total. The van der Waals surface area contributed by atoms with Crippen LogP contribution in [0.1, 0.15) is 89.4 Å². The summed E-state index contributed by atoms with van der Waals surface area (Å²) in [5.74, 6) is 2.66. The summed E-state index contributed by atoms with van der Waals surface area (Å²) < 4.78 is 6.02. The molecule has 0 unspecified atom stereocenters. The molecule has 0 radical (unpaired) electrons. The van der Waals surface area contributed by atoms with E-state index in [0.29, 0.717) is 16.9 Å². The van der Waals surface area contributed by atoms with Crippen LogP contribution in [-0.4, -0.2) is 17.1 Å². The highest BCUT2D eigenvalue weighted by molar-refractivity contribution is 5.89. The van der Waals surface area contributed by atoms with Crippen molar-refractivity contribution in [3.8, 4) is 0 Å². The Morgan fingerprint density at radius 2 is 2.07 bits per heavy atom. The number of hydrogen-bond donors (Lipinski definition) is 0. The Hall–Kier alpha value is -1.38. The lowest BCUT2D eigenvalue weighted by molar-refractivity contribution is -0.0473. The zero-order valence-electron chi connectivity index (χ0n) is 17.6. The van der Waals surface area contributed by atoms with Crippen LogP contribution in [0, 0.1) is 29.1 Å². The van der Waals surface area contributed by atoms with Crippen molar-refractivity contribution in [2.45, 2.75) is 85.2 Å². The number of rotatable bonds is 7. The van der Waals surface area contributed by atoms with Crippen molar-refractivity contribution in [1.82, 2.24) is 4.98 Å². The first-order chi connectivity index (χ1) is 12.9. The summed E-state index contributed by atoms with van der Waals surface area (Å²) >= 11 is 0. The first-order valence-corrected chi connectivity index (χ1v) is 11.0. The van der Waals surface area contributed by atoms with E-state index in [2.05, 4.69) is 32.7 Å². The average Bonchev–Trinajstić information content (AvgIpc) is 3.00. The Morgan fingerprint density at radius 1 is 1.26 bits per heavy atom. The van der Waals surface area contributed by atoms with Crippen LogP contribution in [0.2, 0.25) is 0 Å². The van der Waals surface area contributed by atoms with Crippen LogP contribution in [0.25, 0.3) is 0 Å². The molecule has 0 amide bonds. The molecule has 2 saturated carbocycles. The minimum absolute atomic E-state index is 0.0734. The lowest BCUT2D eigenvalue weighted by Gasteiger charge is -2.46. The van der Waals surface area contributed by atoms with Gasteiger partial charge in [0.2, 0.25) is 0 Å². The zero-order valence-corrected chi connectivity index (χ0v) is 17.6. The fourth-order valence-electron chi connectivity index (χ4n) is 5.97. The summed E-state index contributed by atoms with van der Waals surface area (Å²) in [6.07, 6.45) is 13.4. The number of aromatic nitrogens is 1. The molecule has 150 valence electrons. The quantitative estimate of drug-likeness (QED) is 0.529. The summed E-state index contributed by atoms with van der Waals surface area (Å²) in [5, 5.41) is 0. The molecule has 0 spiro atoms. The van der Waals surface area contributed by atoms with Crippen LogP contribution in [0.4, 0.5) is 0 Å². The molecule has 0 aromatic carbocycles. The van der Waals surface area contributed by atoms with E-state index in [9.17, 15) is 4.79 Å². The third-order valence-corrected chi connectivity index (χ3v) is 7.42. The Balaban J connectivity index is 1.64. The molecule has 3 nitrogen and oxygen atoms in total. The Bertz CT molecular complexity index is 614. The van der Waals surface area contributed by atoms with Gasteiger partial charge in [0.25, 0.3) is 0 Å². The number of hydrogen-bond acceptors (Lipinski definition) is 3. The van der Waals surface area contributed by atoms with Gasteiger partial charge in [0.05, 0.1) is 5.56 Å². The first kappa shape index (κ1) is 20.4. The van der Waals surface area contributed by atoms with Gasteiger partial charge in [0.1, 0.15) is 6.10 Å². The molecule has 2 aliphatic rings. The van der Waals surface area contributed by atoms with Gasteiger partial charge in [-0.3, -0.25) is 4.98 Å². The lowest BCUT2D eigenvalue weighted by atomic mass is 9.61. The Labute approximate surface area is 165 Å². The molecule has 1 heterocycles. The summed E-state index contributed by atoms with van der Waals surface area (Å²) in [6, 6.07) is 3.59. The number of pyridine rings is 1. The highest BCUT2D eigenvalue weighted by Crippen LogP contribution is 2.58. The summed E-state index contributed by atoms with van der Waals surface area (Å²) in [7, 11) is 0. The maximum absolute atomic E-state index is 12.6. The van der Waals surface area contributed by atoms with E-state index in [1.165, 1.54) is 44.9 Å². The molecule has 3 rings (SSSR count). The fourth-order valence-corrected chi connectivity index (χ4v) is 5.97. The summed E-state index contributed by atoms with van der Waals surface area (Å²) in [6.45, 7) is 9.59. The average molecular weight is 372 g/mol. The molecular weight excluding hydrogens is 334 g/mol. The number of esters is 1. The third kappa shape index (κ3) is 4.55. The van der Waals surface area contributed by atoms with Gasteiger partial charge in [0, 0.05) is 18.3 Å². The predicted molar refractivity (Wildman–Crippen MR) is 109 cm³/mol. The fraction of sp³-hybridized carbons (Fsp3) is 0.750. The smallest absolute Gasteiger partial charge is 0.339 e. The number of carbonyl (C=O) groups is 1. The molecule has 3 heteroatoms. The summed E-state index contributed by atoms with van der Waals surface area (Å²) in [5.41, 5.74) is 0.899. The van der Waals surface area contributed by atoms with Gasteiger partial charge in [-0.15, -0.1) is 0 Å². The number of carbonyl (C=O) groups excluding carboxylic acids is 1. The normalized spacial score (nSPS) is 31.5. The molecule has 0 aliphatic heterocycles. The largest absolute Gasteiger partial charge is 0.458 e. The second-order valence-corrected chi connectivity index (χ2v) is 9.68. The van der Waals surface area contributed by atoms with E-state index in [1.807, 2.05) is 0 Å². The SMILES string of the molecule is CC(C)CCC[C@@H](C)[C@H]1CC[C@H]2[C@@H](OC(=O)c3cccnc3)CCC[C@]12C. The van der Waals surface area contributed by atoms with Crippen molar-refractivity contribution in [2.75, 3.05) is 0 Å². The minimum atomic E-state index is -0.203. The number of nitrogens with zero attached hydrogens (tertiary/aromatic N) is 1. The molecule has 27 heavy (non-hydrogen) atoms. The third-order valence-electron chi connectivity index (χ3n) is 7.42. The summed E-state index contributed by atoms with van der Waals surface area (Å²) in [4.78, 5) is 16.6. The van der Waals surface area contributed by atoms with Crippen molar-refractivity contribution in [2.24, 2.45) is 29.1 Å². The molecule has 1 aromatic rings. The molecule has 0 bridgehead atoms. The second kappa shape index (κ2) is 8.75. The highest BCUT2D eigenvalue weighted by atomic mass is 16.5. The molecular formula is C24H37NO2. The molecule has 0 saturated heterocycles. The van der Waals surface area contributed by atoms with E-state index in [1.54, 1.807) is 24.5 Å².